The third-order valence-electron chi connectivity index (χ3n) is 4.14. The average molecular weight is 287 g/mol. The predicted octanol–water partition coefficient (Wildman–Crippen LogP) is 2.74. The summed E-state index contributed by atoms with van der Waals surface area (Å²) in [7, 11) is 0. The maximum Gasteiger partial charge on any atom is 0.326 e. The summed E-state index contributed by atoms with van der Waals surface area (Å²) in [4.78, 5) is 25.0. The molecule has 5 heteroatoms. The Morgan fingerprint density at radius 3 is 2.67 bits per heavy atom. The summed E-state index contributed by atoms with van der Waals surface area (Å²) in [5.74, 6) is -1.08. The summed E-state index contributed by atoms with van der Waals surface area (Å²) in [5, 5.41) is 10.0. The van der Waals surface area contributed by atoms with Gasteiger partial charge in [-0.15, -0.1) is 0 Å². The molecule has 1 saturated heterocycles. The molecule has 1 fully saturated rings. The number of nitrogens with zero attached hydrogens (tertiary/aromatic N) is 1. The number of hydrogen-bond acceptors (Lipinski definition) is 3. The number of carbonyl (C=O) groups excluding carboxylic acids is 1. The van der Waals surface area contributed by atoms with E-state index in [9.17, 15) is 9.59 Å². The van der Waals surface area contributed by atoms with Crippen LogP contribution in [-0.4, -0.2) is 34.5 Å². The lowest BCUT2D eigenvalue weighted by molar-refractivity contribution is -0.141. The maximum absolute atomic E-state index is 12.5. The van der Waals surface area contributed by atoms with E-state index in [1.807, 2.05) is 26.0 Å². The molecule has 1 N–H and O–H groups in total. The molecule has 0 bridgehead atoms. The predicted molar refractivity (Wildman–Crippen MR) is 77.4 cm³/mol. The quantitative estimate of drug-likeness (QED) is 0.922. The molecular weight excluding hydrogens is 270 g/mol. The number of carboxylic acids is 1. The standard InChI is InChI=1S/C16H17NO4/c1-9-6-11-8-14(21-13(11)7-10(9)2)15(18)17-5-3-4-12(17)16(19)20/h6-8,12H,3-5H2,1-2H3,(H,19,20)/t12-/m0/s1. The minimum absolute atomic E-state index is 0.211. The van der Waals surface area contributed by atoms with E-state index in [1.54, 1.807) is 6.07 Å². The van der Waals surface area contributed by atoms with E-state index < -0.39 is 12.0 Å². The van der Waals surface area contributed by atoms with Crippen LogP contribution in [0.25, 0.3) is 11.0 Å². The molecule has 0 spiro atoms. The largest absolute Gasteiger partial charge is 0.480 e. The number of furan rings is 1. The second kappa shape index (κ2) is 4.91. The van der Waals surface area contributed by atoms with E-state index in [0.717, 1.165) is 16.5 Å². The molecule has 3 rings (SSSR count). The van der Waals surface area contributed by atoms with E-state index in [2.05, 4.69) is 0 Å². The van der Waals surface area contributed by atoms with Crippen molar-refractivity contribution in [3.05, 3.63) is 35.1 Å². The Kier molecular flexibility index (Phi) is 3.20. The molecule has 5 nitrogen and oxygen atoms in total. The van der Waals surface area contributed by atoms with Gasteiger partial charge in [0.15, 0.2) is 5.76 Å². The van der Waals surface area contributed by atoms with Crippen LogP contribution in [0, 0.1) is 13.8 Å². The van der Waals surface area contributed by atoms with Gasteiger partial charge in [-0.3, -0.25) is 4.79 Å². The van der Waals surface area contributed by atoms with Gasteiger partial charge in [0.2, 0.25) is 0 Å². The first-order chi connectivity index (χ1) is 9.97. The second-order valence-corrected chi connectivity index (χ2v) is 5.58. The Morgan fingerprint density at radius 2 is 1.95 bits per heavy atom. The summed E-state index contributed by atoms with van der Waals surface area (Å²) in [6, 6.07) is 4.83. The van der Waals surface area contributed by atoms with Crippen LogP contribution >= 0.6 is 0 Å². The van der Waals surface area contributed by atoms with E-state index in [-0.39, 0.29) is 11.7 Å². The number of aryl methyl sites for hydroxylation is 2. The molecule has 1 amide bonds. The van der Waals surface area contributed by atoms with Gasteiger partial charge in [0.1, 0.15) is 11.6 Å². The van der Waals surface area contributed by atoms with Crippen molar-refractivity contribution in [3.8, 4) is 0 Å². The fraction of sp³-hybridized carbons (Fsp3) is 0.375. The SMILES string of the molecule is Cc1cc2cc(C(=O)N3CCC[C@H]3C(=O)O)oc2cc1C. The van der Waals surface area contributed by atoms with Crippen LogP contribution < -0.4 is 0 Å². The molecule has 0 aliphatic carbocycles. The van der Waals surface area contributed by atoms with Crippen LogP contribution in [0.1, 0.15) is 34.5 Å². The zero-order valence-electron chi connectivity index (χ0n) is 12.0. The highest BCUT2D eigenvalue weighted by Crippen LogP contribution is 2.26. The lowest BCUT2D eigenvalue weighted by atomic mass is 10.1. The van der Waals surface area contributed by atoms with Crippen LogP contribution in [0.2, 0.25) is 0 Å². The number of carbonyl (C=O) groups is 2. The molecule has 1 atom stereocenters. The van der Waals surface area contributed by atoms with Crippen molar-refractivity contribution in [2.75, 3.05) is 6.54 Å². The summed E-state index contributed by atoms with van der Waals surface area (Å²) >= 11 is 0. The van der Waals surface area contributed by atoms with Crippen molar-refractivity contribution in [3.63, 3.8) is 0 Å². The number of likely N-dealkylation sites (tertiary alicyclic amines) is 1. The minimum atomic E-state index is -0.955. The molecule has 1 aromatic carbocycles. The molecule has 0 unspecified atom stereocenters. The molecule has 21 heavy (non-hydrogen) atoms. The number of carboxylic acid groups (broad SMARTS) is 1. The van der Waals surface area contributed by atoms with Gasteiger partial charge >= 0.3 is 5.97 Å². The molecule has 1 aliphatic rings. The number of rotatable bonds is 2. The third kappa shape index (κ3) is 2.28. The number of amides is 1. The minimum Gasteiger partial charge on any atom is -0.480 e. The first-order valence-electron chi connectivity index (χ1n) is 7.02. The van der Waals surface area contributed by atoms with Crippen molar-refractivity contribution in [1.82, 2.24) is 4.90 Å². The zero-order valence-corrected chi connectivity index (χ0v) is 12.0. The average Bonchev–Trinajstić information content (AvgIpc) is 3.04. The molecule has 1 aromatic heterocycles. The maximum atomic E-state index is 12.5. The van der Waals surface area contributed by atoms with Gasteiger partial charge in [-0.05, 0) is 56.0 Å². The monoisotopic (exact) mass is 287 g/mol. The van der Waals surface area contributed by atoms with Gasteiger partial charge in [-0.1, -0.05) is 0 Å². The van der Waals surface area contributed by atoms with Gasteiger partial charge in [-0.25, -0.2) is 4.79 Å². The highest BCUT2D eigenvalue weighted by atomic mass is 16.4. The fourth-order valence-corrected chi connectivity index (χ4v) is 2.82. The fourth-order valence-electron chi connectivity index (χ4n) is 2.82. The van der Waals surface area contributed by atoms with Crippen molar-refractivity contribution < 1.29 is 19.1 Å². The van der Waals surface area contributed by atoms with E-state index in [1.165, 1.54) is 4.90 Å². The first-order valence-corrected chi connectivity index (χ1v) is 7.02. The Bertz CT molecular complexity index is 692. The lowest BCUT2D eigenvalue weighted by Crippen LogP contribution is -2.40. The van der Waals surface area contributed by atoms with Gasteiger partial charge in [0.05, 0.1) is 0 Å². The molecule has 110 valence electrons. The molecule has 0 saturated carbocycles. The van der Waals surface area contributed by atoms with E-state index in [0.29, 0.717) is 25.0 Å². The Hall–Kier alpha value is -2.30. The summed E-state index contributed by atoms with van der Waals surface area (Å²) in [6.45, 7) is 4.45. The van der Waals surface area contributed by atoms with Crippen molar-refractivity contribution in [1.29, 1.82) is 0 Å². The molecule has 0 radical (unpaired) electrons. The Labute approximate surface area is 122 Å². The molecular formula is C16H17NO4. The Balaban J connectivity index is 1.96. The summed E-state index contributed by atoms with van der Waals surface area (Å²) in [6.07, 6.45) is 1.21. The van der Waals surface area contributed by atoms with Crippen molar-refractivity contribution in [2.45, 2.75) is 32.7 Å². The van der Waals surface area contributed by atoms with Crippen LogP contribution in [0.4, 0.5) is 0 Å². The van der Waals surface area contributed by atoms with Crippen molar-refractivity contribution in [2.24, 2.45) is 0 Å². The first kappa shape index (κ1) is 13.7. The summed E-state index contributed by atoms with van der Waals surface area (Å²) in [5.41, 5.74) is 2.89. The van der Waals surface area contributed by atoms with Gasteiger partial charge in [0.25, 0.3) is 5.91 Å². The zero-order chi connectivity index (χ0) is 15.1. The second-order valence-electron chi connectivity index (χ2n) is 5.58. The van der Waals surface area contributed by atoms with Gasteiger partial charge in [0, 0.05) is 11.9 Å². The third-order valence-corrected chi connectivity index (χ3v) is 4.14. The van der Waals surface area contributed by atoms with Crippen LogP contribution in [0.15, 0.2) is 22.6 Å². The van der Waals surface area contributed by atoms with Gasteiger partial charge in [-0.2, -0.15) is 0 Å². The highest BCUT2D eigenvalue weighted by Gasteiger charge is 2.35. The van der Waals surface area contributed by atoms with Crippen molar-refractivity contribution >= 4 is 22.8 Å². The van der Waals surface area contributed by atoms with Crippen LogP contribution in [-0.2, 0) is 4.79 Å². The van der Waals surface area contributed by atoms with Crippen LogP contribution in [0.5, 0.6) is 0 Å². The van der Waals surface area contributed by atoms with Gasteiger partial charge < -0.3 is 14.4 Å². The highest BCUT2D eigenvalue weighted by molar-refractivity contribution is 5.98. The number of benzene rings is 1. The summed E-state index contributed by atoms with van der Waals surface area (Å²) < 4.78 is 5.62. The number of hydrogen-bond donors (Lipinski definition) is 1. The molecule has 2 heterocycles. The number of aliphatic carboxylic acids is 1. The molecule has 2 aromatic rings. The topological polar surface area (TPSA) is 70.8 Å². The van der Waals surface area contributed by atoms with E-state index in [4.69, 9.17) is 9.52 Å². The van der Waals surface area contributed by atoms with Crippen LogP contribution in [0.3, 0.4) is 0 Å². The smallest absolute Gasteiger partial charge is 0.326 e. The Morgan fingerprint density at radius 1 is 1.24 bits per heavy atom. The molecule has 1 aliphatic heterocycles. The normalized spacial score (nSPS) is 18.4. The number of fused-ring (bicyclic) bond motifs is 1. The van der Waals surface area contributed by atoms with E-state index >= 15 is 0 Å². The lowest BCUT2D eigenvalue weighted by Gasteiger charge is -2.19.